The molecule has 23 heavy (non-hydrogen) atoms. The fraction of sp³-hybridized carbons (Fsp3) is 0.312. The smallest absolute Gasteiger partial charge is 0.314 e. The van der Waals surface area contributed by atoms with Crippen molar-refractivity contribution in [1.29, 1.82) is 0 Å². The number of carbonyl (C=O) groups excluding carboxylic acids is 1. The van der Waals surface area contributed by atoms with E-state index in [2.05, 4.69) is 15.3 Å². The normalized spacial score (nSPS) is 21.9. The Morgan fingerprint density at radius 1 is 1.22 bits per heavy atom. The van der Waals surface area contributed by atoms with Crippen LogP contribution in [-0.4, -0.2) is 26.9 Å². The molecule has 2 aliphatic heterocycles. The van der Waals surface area contributed by atoms with Crippen molar-refractivity contribution >= 4 is 34.9 Å². The van der Waals surface area contributed by atoms with Gasteiger partial charge in [0.25, 0.3) is 0 Å². The summed E-state index contributed by atoms with van der Waals surface area (Å²) in [5.41, 5.74) is 2.71. The SMILES string of the molecule is O=C(Nc1cc(Cl)cc(Cl)c1)N1C2CCC1c1cncnc1C2. The van der Waals surface area contributed by atoms with Crippen LogP contribution in [0.5, 0.6) is 0 Å². The van der Waals surface area contributed by atoms with Crippen LogP contribution in [0, 0.1) is 0 Å². The maximum Gasteiger partial charge on any atom is 0.322 e. The molecule has 2 atom stereocenters. The minimum Gasteiger partial charge on any atom is -0.314 e. The minimum absolute atomic E-state index is 0.0413. The maximum atomic E-state index is 12.7. The second-order valence-electron chi connectivity index (χ2n) is 5.87. The number of hydrogen-bond donors (Lipinski definition) is 1. The zero-order valence-corrected chi connectivity index (χ0v) is 13.7. The van der Waals surface area contributed by atoms with E-state index in [0.29, 0.717) is 15.7 Å². The Bertz CT molecular complexity index is 762. The maximum absolute atomic E-state index is 12.7. The van der Waals surface area contributed by atoms with Gasteiger partial charge in [-0.05, 0) is 31.0 Å². The molecule has 1 fully saturated rings. The number of hydrogen-bond acceptors (Lipinski definition) is 3. The van der Waals surface area contributed by atoms with E-state index >= 15 is 0 Å². The van der Waals surface area contributed by atoms with Crippen LogP contribution in [0.1, 0.15) is 30.1 Å². The van der Waals surface area contributed by atoms with Crippen molar-refractivity contribution in [3.05, 3.63) is 52.0 Å². The topological polar surface area (TPSA) is 58.1 Å². The Labute approximate surface area is 143 Å². The monoisotopic (exact) mass is 348 g/mol. The van der Waals surface area contributed by atoms with Gasteiger partial charge in [-0.2, -0.15) is 0 Å². The lowest BCUT2D eigenvalue weighted by molar-refractivity contribution is 0.178. The van der Waals surface area contributed by atoms with Crippen molar-refractivity contribution < 1.29 is 4.79 Å². The van der Waals surface area contributed by atoms with Crippen molar-refractivity contribution in [2.24, 2.45) is 0 Å². The molecule has 2 unspecified atom stereocenters. The van der Waals surface area contributed by atoms with Gasteiger partial charge < -0.3 is 10.2 Å². The summed E-state index contributed by atoms with van der Waals surface area (Å²) in [6, 6.07) is 5.10. The Morgan fingerprint density at radius 3 is 2.78 bits per heavy atom. The predicted octanol–water partition coefficient (Wildman–Crippen LogP) is 4.08. The standard InChI is InChI=1S/C16H14Cl2N4O/c17-9-3-10(18)5-11(4-9)21-16(23)22-12-1-2-15(22)13-7-19-8-20-14(13)6-12/h3-5,7-8,12,15H,1-2,6H2,(H,21,23). The first-order valence-electron chi connectivity index (χ1n) is 7.46. The summed E-state index contributed by atoms with van der Waals surface area (Å²) in [5.74, 6) is 0. The van der Waals surface area contributed by atoms with Gasteiger partial charge in [0.1, 0.15) is 6.33 Å². The highest BCUT2D eigenvalue weighted by Gasteiger charge is 2.43. The number of nitrogens with one attached hydrogen (secondary N) is 1. The van der Waals surface area contributed by atoms with Gasteiger partial charge in [-0.25, -0.2) is 14.8 Å². The molecule has 7 heteroatoms. The van der Waals surface area contributed by atoms with Gasteiger partial charge in [0, 0.05) is 40.0 Å². The predicted molar refractivity (Wildman–Crippen MR) is 88.8 cm³/mol. The quantitative estimate of drug-likeness (QED) is 0.844. The van der Waals surface area contributed by atoms with Crippen LogP contribution in [0.2, 0.25) is 10.0 Å². The van der Waals surface area contributed by atoms with Crippen molar-refractivity contribution in [1.82, 2.24) is 14.9 Å². The third kappa shape index (κ3) is 2.64. The molecule has 0 saturated carbocycles. The molecule has 2 amide bonds. The molecule has 3 heterocycles. The highest BCUT2D eigenvalue weighted by Crippen LogP contribution is 2.43. The van der Waals surface area contributed by atoms with Gasteiger partial charge in [-0.15, -0.1) is 0 Å². The zero-order valence-electron chi connectivity index (χ0n) is 12.2. The average Bonchev–Trinajstić information content (AvgIpc) is 2.82. The molecule has 0 radical (unpaired) electrons. The van der Waals surface area contributed by atoms with Gasteiger partial charge >= 0.3 is 6.03 Å². The molecule has 118 valence electrons. The minimum atomic E-state index is -0.134. The lowest BCUT2D eigenvalue weighted by Crippen LogP contribution is -2.44. The van der Waals surface area contributed by atoms with Crippen LogP contribution in [0.4, 0.5) is 10.5 Å². The van der Waals surface area contributed by atoms with E-state index in [1.165, 1.54) is 0 Å². The first kappa shape index (κ1) is 14.7. The summed E-state index contributed by atoms with van der Waals surface area (Å²) >= 11 is 12.0. The number of nitrogens with zero attached hydrogens (tertiary/aromatic N) is 3. The first-order chi connectivity index (χ1) is 11.1. The molecule has 4 rings (SSSR count). The summed E-state index contributed by atoms with van der Waals surface area (Å²) < 4.78 is 0. The molecule has 2 aromatic rings. The van der Waals surface area contributed by atoms with E-state index in [1.54, 1.807) is 24.5 Å². The Morgan fingerprint density at radius 2 is 2.00 bits per heavy atom. The number of urea groups is 1. The number of rotatable bonds is 1. The number of carbonyl (C=O) groups is 1. The van der Waals surface area contributed by atoms with Crippen molar-refractivity contribution in [3.63, 3.8) is 0 Å². The van der Waals surface area contributed by atoms with Gasteiger partial charge in [0.15, 0.2) is 0 Å². The summed E-state index contributed by atoms with van der Waals surface area (Å²) in [5, 5.41) is 3.89. The molecule has 1 aromatic carbocycles. The molecule has 1 aromatic heterocycles. The van der Waals surface area contributed by atoms with E-state index in [4.69, 9.17) is 23.2 Å². The Balaban J connectivity index is 1.60. The Kier molecular flexibility index (Phi) is 3.62. The first-order valence-corrected chi connectivity index (χ1v) is 8.21. The van der Waals surface area contributed by atoms with Gasteiger partial charge in [-0.1, -0.05) is 23.2 Å². The van der Waals surface area contributed by atoms with E-state index in [1.807, 2.05) is 11.1 Å². The van der Waals surface area contributed by atoms with Crippen molar-refractivity contribution in [3.8, 4) is 0 Å². The van der Waals surface area contributed by atoms with Crippen LogP contribution in [0.3, 0.4) is 0 Å². The van der Waals surface area contributed by atoms with Gasteiger partial charge in [0.2, 0.25) is 0 Å². The second-order valence-corrected chi connectivity index (χ2v) is 6.74. The molecular formula is C16H14Cl2N4O. The molecule has 5 nitrogen and oxygen atoms in total. The molecule has 0 aliphatic carbocycles. The lowest BCUT2D eigenvalue weighted by Gasteiger charge is -2.35. The summed E-state index contributed by atoms with van der Waals surface area (Å²) in [4.78, 5) is 23.1. The number of halogens is 2. The highest BCUT2D eigenvalue weighted by atomic mass is 35.5. The zero-order chi connectivity index (χ0) is 16.0. The second kappa shape index (κ2) is 5.65. The van der Waals surface area contributed by atoms with Crippen LogP contribution >= 0.6 is 23.2 Å². The van der Waals surface area contributed by atoms with Crippen molar-refractivity contribution in [2.45, 2.75) is 31.3 Å². The largest absolute Gasteiger partial charge is 0.322 e. The van der Waals surface area contributed by atoms with Gasteiger partial charge in [-0.3, -0.25) is 0 Å². The summed E-state index contributed by atoms with van der Waals surface area (Å²) in [6.45, 7) is 0. The number of aromatic nitrogens is 2. The Hall–Kier alpha value is -1.85. The van der Waals surface area contributed by atoms with E-state index < -0.39 is 0 Å². The van der Waals surface area contributed by atoms with E-state index in [-0.39, 0.29) is 18.1 Å². The molecule has 1 saturated heterocycles. The summed E-state index contributed by atoms with van der Waals surface area (Å²) in [7, 11) is 0. The molecule has 2 aliphatic rings. The number of anilines is 1. The third-order valence-electron chi connectivity index (χ3n) is 4.47. The van der Waals surface area contributed by atoms with Crippen LogP contribution in [0.25, 0.3) is 0 Å². The number of benzene rings is 1. The van der Waals surface area contributed by atoms with Crippen LogP contribution in [-0.2, 0) is 6.42 Å². The highest BCUT2D eigenvalue weighted by molar-refractivity contribution is 6.35. The number of fused-ring (bicyclic) bond motifs is 4. The summed E-state index contributed by atoms with van der Waals surface area (Å²) in [6.07, 6.45) is 6.09. The molecule has 1 N–H and O–H groups in total. The fourth-order valence-corrected chi connectivity index (χ4v) is 4.07. The lowest BCUT2D eigenvalue weighted by atomic mass is 10.00. The van der Waals surface area contributed by atoms with Gasteiger partial charge in [0.05, 0.1) is 11.7 Å². The molecule has 2 bridgehead atoms. The van der Waals surface area contributed by atoms with E-state index in [0.717, 1.165) is 30.5 Å². The van der Waals surface area contributed by atoms with E-state index in [9.17, 15) is 4.79 Å². The third-order valence-corrected chi connectivity index (χ3v) is 4.90. The van der Waals surface area contributed by atoms with Crippen molar-refractivity contribution in [2.75, 3.05) is 5.32 Å². The fourth-order valence-electron chi connectivity index (χ4n) is 3.55. The molecular weight excluding hydrogens is 335 g/mol. The van der Waals surface area contributed by atoms with Crippen LogP contribution < -0.4 is 5.32 Å². The number of amides is 2. The van der Waals surface area contributed by atoms with Crippen LogP contribution in [0.15, 0.2) is 30.7 Å². The average molecular weight is 349 g/mol. The molecule has 0 spiro atoms.